The average molecular weight is 322 g/mol. The zero-order valence-corrected chi connectivity index (χ0v) is 11.6. The van der Waals surface area contributed by atoms with Crippen LogP contribution in [0.25, 0.3) is 0 Å². The van der Waals surface area contributed by atoms with E-state index in [1.165, 1.54) is 6.26 Å². The van der Waals surface area contributed by atoms with Gasteiger partial charge in [-0.1, -0.05) is 18.2 Å². The first kappa shape index (κ1) is 12.3. The second kappa shape index (κ2) is 5.09. The van der Waals surface area contributed by atoms with Crippen LogP contribution in [-0.4, -0.2) is 12.5 Å². The van der Waals surface area contributed by atoms with Gasteiger partial charge in [-0.15, -0.1) is 0 Å². The van der Waals surface area contributed by atoms with E-state index in [1.807, 2.05) is 24.3 Å². The van der Waals surface area contributed by atoms with Crippen molar-refractivity contribution >= 4 is 21.8 Å². The molecule has 0 spiro atoms. The van der Waals surface area contributed by atoms with E-state index >= 15 is 0 Å². The van der Waals surface area contributed by atoms with Crippen molar-refractivity contribution in [3.05, 3.63) is 52.4 Å². The van der Waals surface area contributed by atoms with Crippen LogP contribution in [0.5, 0.6) is 5.75 Å². The van der Waals surface area contributed by atoms with Crippen molar-refractivity contribution in [1.29, 1.82) is 0 Å². The monoisotopic (exact) mass is 321 g/mol. The Morgan fingerprint density at radius 3 is 2.95 bits per heavy atom. The summed E-state index contributed by atoms with van der Waals surface area (Å²) in [5.41, 5.74) is 1.52. The number of ether oxygens (including phenoxy) is 1. The molecule has 0 radical (unpaired) electrons. The molecular formula is C14H12BrNO3. The SMILES string of the molecule is O=C(NC1CCOc2ccccc21)c1ccoc1Br. The number of fused-ring (bicyclic) bond motifs is 1. The number of carbonyl (C=O) groups excluding carboxylic acids is 1. The zero-order chi connectivity index (χ0) is 13.2. The summed E-state index contributed by atoms with van der Waals surface area (Å²) in [6.45, 7) is 0.606. The van der Waals surface area contributed by atoms with E-state index in [4.69, 9.17) is 9.15 Å². The molecule has 3 rings (SSSR count). The Morgan fingerprint density at radius 2 is 2.16 bits per heavy atom. The van der Waals surface area contributed by atoms with Gasteiger partial charge in [0.25, 0.3) is 5.91 Å². The second-order valence-electron chi connectivity index (χ2n) is 4.31. The van der Waals surface area contributed by atoms with Gasteiger partial charge in [-0.2, -0.15) is 0 Å². The Morgan fingerprint density at radius 1 is 1.32 bits per heavy atom. The molecule has 1 N–H and O–H groups in total. The largest absolute Gasteiger partial charge is 0.493 e. The smallest absolute Gasteiger partial charge is 0.256 e. The summed E-state index contributed by atoms with van der Waals surface area (Å²) >= 11 is 3.21. The molecule has 0 fully saturated rings. The first-order valence-corrected chi connectivity index (χ1v) is 6.80. The molecule has 2 aromatic rings. The maximum atomic E-state index is 12.2. The van der Waals surface area contributed by atoms with E-state index < -0.39 is 0 Å². The molecule has 1 aromatic carbocycles. The third kappa shape index (κ3) is 2.38. The number of hydrogen-bond acceptors (Lipinski definition) is 3. The van der Waals surface area contributed by atoms with E-state index in [0.717, 1.165) is 17.7 Å². The van der Waals surface area contributed by atoms with Crippen LogP contribution >= 0.6 is 15.9 Å². The number of halogens is 1. The van der Waals surface area contributed by atoms with E-state index in [1.54, 1.807) is 6.07 Å². The highest BCUT2D eigenvalue weighted by Crippen LogP contribution is 2.32. The molecule has 0 saturated heterocycles. The van der Waals surface area contributed by atoms with E-state index in [2.05, 4.69) is 21.2 Å². The normalized spacial score (nSPS) is 17.4. The topological polar surface area (TPSA) is 51.5 Å². The molecule has 1 atom stereocenters. The van der Waals surface area contributed by atoms with Crippen LogP contribution < -0.4 is 10.1 Å². The standard InChI is InChI=1S/C14H12BrNO3/c15-13-10(5-7-19-13)14(17)16-11-6-8-18-12-4-2-1-3-9(11)12/h1-5,7,11H,6,8H2,(H,16,17). The predicted octanol–water partition coefficient (Wildman–Crippen LogP) is 3.30. The minimum absolute atomic E-state index is 0.0285. The number of carbonyl (C=O) groups is 1. The quantitative estimate of drug-likeness (QED) is 0.923. The molecule has 1 aliphatic heterocycles. The summed E-state index contributed by atoms with van der Waals surface area (Å²) in [5.74, 6) is 0.688. The van der Waals surface area contributed by atoms with Crippen LogP contribution in [0, 0.1) is 0 Å². The highest BCUT2D eigenvalue weighted by molar-refractivity contribution is 9.10. The molecule has 98 valence electrons. The van der Waals surface area contributed by atoms with Crippen LogP contribution in [0.3, 0.4) is 0 Å². The van der Waals surface area contributed by atoms with Gasteiger partial charge in [-0.25, -0.2) is 0 Å². The Bertz CT molecular complexity index is 608. The lowest BCUT2D eigenvalue weighted by atomic mass is 10.0. The van der Waals surface area contributed by atoms with E-state index in [9.17, 15) is 4.79 Å². The van der Waals surface area contributed by atoms with Crippen LogP contribution in [0.2, 0.25) is 0 Å². The fourth-order valence-corrected chi connectivity index (χ4v) is 2.60. The Kier molecular flexibility index (Phi) is 3.29. The van der Waals surface area contributed by atoms with Crippen LogP contribution in [-0.2, 0) is 0 Å². The van der Waals surface area contributed by atoms with Crippen molar-refractivity contribution in [2.45, 2.75) is 12.5 Å². The number of para-hydroxylation sites is 1. The number of amides is 1. The average Bonchev–Trinajstić information content (AvgIpc) is 2.85. The van der Waals surface area contributed by atoms with Gasteiger partial charge in [0.2, 0.25) is 0 Å². The highest BCUT2D eigenvalue weighted by atomic mass is 79.9. The molecule has 5 heteroatoms. The first-order chi connectivity index (χ1) is 9.25. The maximum absolute atomic E-state index is 12.2. The lowest BCUT2D eigenvalue weighted by molar-refractivity contribution is 0.0923. The van der Waals surface area contributed by atoms with Gasteiger partial charge in [0, 0.05) is 12.0 Å². The van der Waals surface area contributed by atoms with Crippen LogP contribution in [0.4, 0.5) is 0 Å². The number of rotatable bonds is 2. The summed E-state index contributed by atoms with van der Waals surface area (Å²) in [4.78, 5) is 12.2. The lowest BCUT2D eigenvalue weighted by Gasteiger charge is -2.26. The van der Waals surface area contributed by atoms with Gasteiger partial charge in [-0.05, 0) is 28.1 Å². The van der Waals surface area contributed by atoms with Crippen molar-refractivity contribution in [1.82, 2.24) is 5.32 Å². The molecule has 1 amide bonds. The van der Waals surface area contributed by atoms with E-state index in [0.29, 0.717) is 16.8 Å². The van der Waals surface area contributed by atoms with E-state index in [-0.39, 0.29) is 11.9 Å². The third-order valence-corrected chi connectivity index (χ3v) is 3.74. The van der Waals surface area contributed by atoms with Gasteiger partial charge in [0.1, 0.15) is 5.75 Å². The van der Waals surface area contributed by atoms with Crippen LogP contribution in [0.15, 0.2) is 45.7 Å². The molecule has 1 aromatic heterocycles. The highest BCUT2D eigenvalue weighted by Gasteiger charge is 2.24. The molecule has 2 heterocycles. The lowest BCUT2D eigenvalue weighted by Crippen LogP contribution is -2.32. The molecule has 4 nitrogen and oxygen atoms in total. The predicted molar refractivity (Wildman–Crippen MR) is 73.2 cm³/mol. The summed E-state index contributed by atoms with van der Waals surface area (Å²) < 4.78 is 11.1. The number of hydrogen-bond donors (Lipinski definition) is 1. The molecule has 1 unspecified atom stereocenters. The molecular weight excluding hydrogens is 310 g/mol. The fourth-order valence-electron chi connectivity index (χ4n) is 2.18. The molecule has 0 bridgehead atoms. The maximum Gasteiger partial charge on any atom is 0.256 e. The number of nitrogens with one attached hydrogen (secondary N) is 1. The number of benzene rings is 1. The number of furan rings is 1. The van der Waals surface area contributed by atoms with Gasteiger partial charge in [0.05, 0.1) is 24.5 Å². The van der Waals surface area contributed by atoms with Crippen molar-refractivity contribution < 1.29 is 13.9 Å². The first-order valence-electron chi connectivity index (χ1n) is 6.01. The Hall–Kier alpha value is -1.75. The molecule has 19 heavy (non-hydrogen) atoms. The fraction of sp³-hybridized carbons (Fsp3) is 0.214. The van der Waals surface area contributed by atoms with Crippen molar-refractivity contribution in [2.24, 2.45) is 0 Å². The van der Waals surface area contributed by atoms with Crippen molar-refractivity contribution in [3.8, 4) is 5.75 Å². The van der Waals surface area contributed by atoms with Gasteiger partial charge >= 0.3 is 0 Å². The van der Waals surface area contributed by atoms with Gasteiger partial charge in [-0.3, -0.25) is 4.79 Å². The minimum atomic E-state index is -0.151. The molecule has 0 saturated carbocycles. The Labute approximate surface area is 118 Å². The van der Waals surface area contributed by atoms with Crippen molar-refractivity contribution in [3.63, 3.8) is 0 Å². The van der Waals surface area contributed by atoms with Crippen LogP contribution in [0.1, 0.15) is 28.4 Å². The summed E-state index contributed by atoms with van der Waals surface area (Å²) in [6, 6.07) is 9.38. The van der Waals surface area contributed by atoms with Gasteiger partial charge < -0.3 is 14.5 Å². The second-order valence-corrected chi connectivity index (χ2v) is 5.03. The van der Waals surface area contributed by atoms with Gasteiger partial charge in [0.15, 0.2) is 4.67 Å². The minimum Gasteiger partial charge on any atom is -0.493 e. The summed E-state index contributed by atoms with van der Waals surface area (Å²) in [5, 5.41) is 3.01. The van der Waals surface area contributed by atoms with Crippen molar-refractivity contribution in [2.75, 3.05) is 6.61 Å². The summed E-state index contributed by atoms with van der Waals surface area (Å²) in [7, 11) is 0. The summed E-state index contributed by atoms with van der Waals surface area (Å²) in [6.07, 6.45) is 2.25. The third-order valence-electron chi connectivity index (χ3n) is 3.13. The zero-order valence-electron chi connectivity index (χ0n) is 10.1. The molecule has 0 aliphatic carbocycles. The Balaban J connectivity index is 1.82. The molecule has 1 aliphatic rings.